The van der Waals surface area contributed by atoms with Gasteiger partial charge in [0.15, 0.2) is 0 Å². The molecule has 1 aromatic heterocycles. The molecule has 9 heteroatoms. The molecular formula is C18H24F2N4O3. The van der Waals surface area contributed by atoms with E-state index in [1.54, 1.807) is 16.4 Å². The molecule has 2 heterocycles. The molecule has 0 amide bonds. The highest BCUT2D eigenvalue weighted by molar-refractivity contribution is 5.59. The largest absolute Gasteiger partial charge is 0.395 e. The third-order valence-corrected chi connectivity index (χ3v) is 6.07. The number of hydrogen-bond donors (Lipinski definition) is 3. The number of aliphatic hydroxyl groups excluding tert-OH is 1. The second-order valence-corrected chi connectivity index (χ2v) is 7.90. The van der Waals surface area contributed by atoms with E-state index < -0.39 is 47.2 Å². The predicted molar refractivity (Wildman–Crippen MR) is 95.9 cm³/mol. The average molecular weight is 382 g/mol. The minimum absolute atomic E-state index is 0.000812. The van der Waals surface area contributed by atoms with Gasteiger partial charge in [-0.05, 0) is 18.9 Å². The topological polar surface area (TPSA) is 104 Å². The fourth-order valence-electron chi connectivity index (χ4n) is 4.57. The lowest BCUT2D eigenvalue weighted by Gasteiger charge is -2.36. The van der Waals surface area contributed by atoms with Crippen molar-refractivity contribution < 1.29 is 13.9 Å². The van der Waals surface area contributed by atoms with E-state index in [9.17, 15) is 23.5 Å². The van der Waals surface area contributed by atoms with E-state index in [0.717, 1.165) is 12.8 Å². The van der Waals surface area contributed by atoms with Crippen molar-refractivity contribution in [2.75, 3.05) is 19.7 Å². The lowest BCUT2D eigenvalue weighted by Crippen LogP contribution is -2.45. The van der Waals surface area contributed by atoms with Gasteiger partial charge in [-0.1, -0.05) is 6.92 Å². The number of fused-ring (bicyclic) bond motifs is 1. The summed E-state index contributed by atoms with van der Waals surface area (Å²) in [7, 11) is 0. The van der Waals surface area contributed by atoms with Crippen molar-refractivity contribution in [3.8, 4) is 0 Å². The number of nitrogens with two attached hydrogens (primary N) is 1. The molecule has 1 saturated carbocycles. The average Bonchev–Trinajstić information content (AvgIpc) is 3.37. The van der Waals surface area contributed by atoms with Gasteiger partial charge in [-0.15, -0.1) is 0 Å². The van der Waals surface area contributed by atoms with Crippen LogP contribution < -0.4 is 17.0 Å². The third-order valence-electron chi connectivity index (χ3n) is 6.07. The van der Waals surface area contributed by atoms with E-state index in [0.29, 0.717) is 5.69 Å². The Morgan fingerprint density at radius 2 is 2.07 bits per heavy atom. The summed E-state index contributed by atoms with van der Waals surface area (Å²) in [6, 6.07) is -1.46. The van der Waals surface area contributed by atoms with Gasteiger partial charge in [0.05, 0.1) is 18.2 Å². The maximum atomic E-state index is 15.0. The van der Waals surface area contributed by atoms with Crippen LogP contribution in [0, 0.1) is 5.92 Å². The first-order valence-corrected chi connectivity index (χ1v) is 9.33. The van der Waals surface area contributed by atoms with Crippen molar-refractivity contribution in [3.63, 3.8) is 0 Å². The molecule has 4 N–H and O–H groups in total. The Balaban J connectivity index is 1.74. The van der Waals surface area contributed by atoms with Gasteiger partial charge in [-0.2, -0.15) is 0 Å². The van der Waals surface area contributed by atoms with E-state index in [1.807, 2.05) is 0 Å². The Labute approximate surface area is 154 Å². The lowest BCUT2D eigenvalue weighted by molar-refractivity contribution is 0.181. The van der Waals surface area contributed by atoms with E-state index >= 15 is 0 Å². The number of alkyl halides is 1. The maximum absolute atomic E-state index is 15.0. The normalized spacial score (nSPS) is 32.3. The Morgan fingerprint density at radius 3 is 2.70 bits per heavy atom. The first-order valence-electron chi connectivity index (χ1n) is 9.33. The second kappa shape index (κ2) is 6.65. The van der Waals surface area contributed by atoms with E-state index in [-0.39, 0.29) is 31.3 Å². The number of rotatable bonds is 4. The number of halogens is 2. The van der Waals surface area contributed by atoms with E-state index in [2.05, 4.69) is 4.98 Å². The second-order valence-electron chi connectivity index (χ2n) is 7.90. The molecule has 4 rings (SSSR count). The molecule has 5 atom stereocenters. The van der Waals surface area contributed by atoms with Crippen molar-refractivity contribution in [2.45, 2.75) is 50.0 Å². The highest BCUT2D eigenvalue weighted by Crippen LogP contribution is 2.42. The number of aliphatic hydroxyl groups is 1. The van der Waals surface area contributed by atoms with Gasteiger partial charge in [-0.3, -0.25) is 19.2 Å². The zero-order chi connectivity index (χ0) is 19.5. The molecule has 2 aliphatic carbocycles. The standard InChI is InChI=1S/C18H24F2N4O3/c1-8-15-10(17(26)22-18(27)24(15)9-2-3-9)4-12(19)16(8)23-5-11(13(20)6-23)14(21)7-25/h4,8-9,11,13-14,16,25H,2-3,5-7,21H2,1H3,(H,22,26,27). The Kier molecular flexibility index (Phi) is 4.56. The molecule has 0 radical (unpaired) electrons. The number of nitrogens with one attached hydrogen (secondary N) is 1. The molecule has 0 spiro atoms. The van der Waals surface area contributed by atoms with Crippen LogP contribution in [-0.4, -0.2) is 57.5 Å². The highest BCUT2D eigenvalue weighted by atomic mass is 19.1. The zero-order valence-corrected chi connectivity index (χ0v) is 15.1. The van der Waals surface area contributed by atoms with Crippen molar-refractivity contribution >= 4 is 6.08 Å². The van der Waals surface area contributed by atoms with Crippen molar-refractivity contribution in [3.05, 3.63) is 37.9 Å². The number of aromatic amines is 1. The van der Waals surface area contributed by atoms with Crippen LogP contribution in [0.3, 0.4) is 0 Å². The lowest BCUT2D eigenvalue weighted by atomic mass is 9.87. The minimum atomic E-state index is -1.27. The summed E-state index contributed by atoms with van der Waals surface area (Å²) in [6.45, 7) is 1.64. The molecule has 1 aromatic rings. The summed E-state index contributed by atoms with van der Waals surface area (Å²) < 4.78 is 31.0. The summed E-state index contributed by atoms with van der Waals surface area (Å²) in [6.07, 6.45) is 1.58. The predicted octanol–water partition coefficient (Wildman–Crippen LogP) is 0.257. The third kappa shape index (κ3) is 2.97. The fraction of sp³-hybridized carbons (Fsp3) is 0.667. The van der Waals surface area contributed by atoms with Crippen LogP contribution in [0.1, 0.15) is 43.0 Å². The Morgan fingerprint density at radius 1 is 1.37 bits per heavy atom. The van der Waals surface area contributed by atoms with Crippen LogP contribution in [-0.2, 0) is 0 Å². The summed E-state index contributed by atoms with van der Waals surface area (Å²) in [5, 5.41) is 9.24. The molecule has 5 unspecified atom stereocenters. The smallest absolute Gasteiger partial charge is 0.328 e. The molecule has 1 saturated heterocycles. The van der Waals surface area contributed by atoms with E-state index in [4.69, 9.17) is 5.73 Å². The number of likely N-dealkylation sites (tertiary alicyclic amines) is 1. The van der Waals surface area contributed by atoms with Crippen LogP contribution in [0.4, 0.5) is 8.78 Å². The van der Waals surface area contributed by atoms with Crippen molar-refractivity contribution in [2.24, 2.45) is 11.7 Å². The number of aromatic nitrogens is 2. The van der Waals surface area contributed by atoms with Gasteiger partial charge in [-0.25, -0.2) is 13.6 Å². The number of hydrogen-bond acceptors (Lipinski definition) is 5. The van der Waals surface area contributed by atoms with Gasteiger partial charge in [0.1, 0.15) is 12.0 Å². The molecule has 3 aliphatic rings. The molecule has 148 valence electrons. The fourth-order valence-corrected chi connectivity index (χ4v) is 4.57. The molecule has 0 bridgehead atoms. The monoisotopic (exact) mass is 382 g/mol. The van der Waals surface area contributed by atoms with Gasteiger partial charge < -0.3 is 10.8 Å². The molecule has 2 fully saturated rings. The maximum Gasteiger partial charge on any atom is 0.328 e. The number of H-pyrrole nitrogens is 1. The van der Waals surface area contributed by atoms with E-state index in [1.165, 1.54) is 6.08 Å². The van der Waals surface area contributed by atoms with Crippen LogP contribution in [0.25, 0.3) is 6.08 Å². The summed E-state index contributed by atoms with van der Waals surface area (Å²) in [5.74, 6) is -1.59. The summed E-state index contributed by atoms with van der Waals surface area (Å²) in [4.78, 5) is 28.5. The van der Waals surface area contributed by atoms with Crippen molar-refractivity contribution in [1.82, 2.24) is 14.5 Å². The summed E-state index contributed by atoms with van der Waals surface area (Å²) >= 11 is 0. The molecule has 27 heavy (non-hydrogen) atoms. The molecule has 0 aromatic carbocycles. The Bertz CT molecular complexity index is 892. The van der Waals surface area contributed by atoms with Crippen LogP contribution >= 0.6 is 0 Å². The van der Waals surface area contributed by atoms with Crippen LogP contribution in [0.5, 0.6) is 0 Å². The Hall–Kier alpha value is -1.84. The summed E-state index contributed by atoms with van der Waals surface area (Å²) in [5.41, 5.74) is 5.41. The van der Waals surface area contributed by atoms with Gasteiger partial charge >= 0.3 is 5.69 Å². The molecule has 1 aliphatic heterocycles. The zero-order valence-electron chi connectivity index (χ0n) is 15.1. The molecular weight excluding hydrogens is 358 g/mol. The van der Waals surface area contributed by atoms with Crippen molar-refractivity contribution in [1.29, 1.82) is 0 Å². The van der Waals surface area contributed by atoms with Crippen LogP contribution in [0.2, 0.25) is 0 Å². The quantitative estimate of drug-likeness (QED) is 0.693. The first-order chi connectivity index (χ1) is 12.8. The first kappa shape index (κ1) is 18.5. The number of nitrogens with zero attached hydrogens (tertiary/aromatic N) is 2. The van der Waals surface area contributed by atoms with Gasteiger partial charge in [0, 0.05) is 42.7 Å². The van der Waals surface area contributed by atoms with Gasteiger partial charge in [0.2, 0.25) is 0 Å². The SMILES string of the molecule is CC1c2c(c(=O)[nH]c(=O)n2C2CC2)C=C(F)C1N1CC(F)C(C(N)CO)C1. The van der Waals surface area contributed by atoms with Gasteiger partial charge in [0.25, 0.3) is 5.56 Å². The minimum Gasteiger partial charge on any atom is -0.395 e. The highest BCUT2D eigenvalue weighted by Gasteiger charge is 2.45. The van der Waals surface area contributed by atoms with Crippen LogP contribution in [0.15, 0.2) is 15.4 Å². The molecule has 7 nitrogen and oxygen atoms in total.